The zero-order valence-corrected chi connectivity index (χ0v) is 9.16. The SMILES string of the molecule is C=CC(C)c1cccc(OCC)c1C#N. The van der Waals surface area contributed by atoms with E-state index in [1.165, 1.54) is 0 Å². The molecule has 0 saturated carbocycles. The van der Waals surface area contributed by atoms with Gasteiger partial charge in [0.15, 0.2) is 0 Å². The lowest BCUT2D eigenvalue weighted by molar-refractivity contribution is 0.339. The van der Waals surface area contributed by atoms with E-state index in [2.05, 4.69) is 12.6 Å². The van der Waals surface area contributed by atoms with Gasteiger partial charge in [-0.3, -0.25) is 0 Å². The van der Waals surface area contributed by atoms with Gasteiger partial charge in [0.2, 0.25) is 0 Å². The standard InChI is InChI=1S/C13H15NO/c1-4-10(3)11-7-6-8-13(15-5-2)12(11)9-14/h4,6-8,10H,1,5H2,2-3H3. The van der Waals surface area contributed by atoms with Crippen LogP contribution >= 0.6 is 0 Å². The molecule has 2 nitrogen and oxygen atoms in total. The minimum Gasteiger partial charge on any atom is -0.492 e. The van der Waals surface area contributed by atoms with Gasteiger partial charge in [-0.05, 0) is 18.6 Å². The van der Waals surface area contributed by atoms with Crippen LogP contribution in [0.3, 0.4) is 0 Å². The van der Waals surface area contributed by atoms with Crippen LogP contribution in [0.1, 0.15) is 30.9 Å². The van der Waals surface area contributed by atoms with E-state index >= 15 is 0 Å². The van der Waals surface area contributed by atoms with Gasteiger partial charge in [0.1, 0.15) is 11.8 Å². The van der Waals surface area contributed by atoms with E-state index in [4.69, 9.17) is 10.00 Å². The second kappa shape index (κ2) is 5.21. The summed E-state index contributed by atoms with van der Waals surface area (Å²) in [6, 6.07) is 7.85. The molecule has 0 aliphatic carbocycles. The van der Waals surface area contributed by atoms with Crippen molar-refractivity contribution in [2.45, 2.75) is 19.8 Å². The predicted octanol–water partition coefficient (Wildman–Crippen LogP) is 3.25. The van der Waals surface area contributed by atoms with Gasteiger partial charge in [-0.25, -0.2) is 0 Å². The van der Waals surface area contributed by atoms with Crippen molar-refractivity contribution in [1.29, 1.82) is 5.26 Å². The molecule has 1 aromatic rings. The molecule has 0 radical (unpaired) electrons. The van der Waals surface area contributed by atoms with Gasteiger partial charge in [-0.1, -0.05) is 25.1 Å². The Morgan fingerprint density at radius 2 is 2.33 bits per heavy atom. The first-order valence-electron chi connectivity index (χ1n) is 5.03. The summed E-state index contributed by atoms with van der Waals surface area (Å²) in [6.07, 6.45) is 1.83. The van der Waals surface area contributed by atoms with Gasteiger partial charge < -0.3 is 4.74 Å². The maximum Gasteiger partial charge on any atom is 0.137 e. The highest BCUT2D eigenvalue weighted by Gasteiger charge is 2.11. The summed E-state index contributed by atoms with van der Waals surface area (Å²) >= 11 is 0. The van der Waals surface area contributed by atoms with Gasteiger partial charge >= 0.3 is 0 Å². The summed E-state index contributed by atoms with van der Waals surface area (Å²) in [5.74, 6) is 0.825. The average Bonchev–Trinajstić information content (AvgIpc) is 2.28. The number of benzene rings is 1. The molecule has 15 heavy (non-hydrogen) atoms. The lowest BCUT2D eigenvalue weighted by Crippen LogP contribution is -1.99. The first-order valence-corrected chi connectivity index (χ1v) is 5.03. The molecule has 0 aromatic heterocycles. The summed E-state index contributed by atoms with van der Waals surface area (Å²) in [7, 11) is 0. The summed E-state index contributed by atoms with van der Waals surface area (Å²) in [5, 5.41) is 9.11. The van der Waals surface area contributed by atoms with Crippen LogP contribution in [-0.2, 0) is 0 Å². The van der Waals surface area contributed by atoms with Crippen LogP contribution in [0, 0.1) is 11.3 Å². The molecule has 78 valence electrons. The molecule has 1 rings (SSSR count). The zero-order chi connectivity index (χ0) is 11.3. The van der Waals surface area contributed by atoms with Gasteiger partial charge in [0.25, 0.3) is 0 Å². The molecule has 2 heteroatoms. The van der Waals surface area contributed by atoms with Gasteiger partial charge in [0, 0.05) is 5.92 Å². The second-order valence-electron chi connectivity index (χ2n) is 3.29. The molecular weight excluding hydrogens is 186 g/mol. The van der Waals surface area contributed by atoms with Crippen LogP contribution < -0.4 is 4.74 Å². The molecule has 0 aliphatic rings. The summed E-state index contributed by atoms with van der Waals surface area (Å²) in [5.41, 5.74) is 1.59. The highest BCUT2D eigenvalue weighted by Crippen LogP contribution is 2.27. The Kier molecular flexibility index (Phi) is 3.93. The minimum absolute atomic E-state index is 0.167. The highest BCUT2D eigenvalue weighted by molar-refractivity contribution is 5.50. The van der Waals surface area contributed by atoms with E-state index in [1.54, 1.807) is 0 Å². The van der Waals surface area contributed by atoms with E-state index in [-0.39, 0.29) is 5.92 Å². The molecule has 0 N–H and O–H groups in total. The quantitative estimate of drug-likeness (QED) is 0.700. The van der Waals surface area contributed by atoms with Crippen LogP contribution in [0.5, 0.6) is 5.75 Å². The lowest BCUT2D eigenvalue weighted by atomic mass is 9.96. The Balaban J connectivity index is 3.23. The van der Waals surface area contributed by atoms with Gasteiger partial charge in [-0.15, -0.1) is 6.58 Å². The minimum atomic E-state index is 0.167. The van der Waals surface area contributed by atoms with Crippen molar-refractivity contribution in [3.8, 4) is 11.8 Å². The summed E-state index contributed by atoms with van der Waals surface area (Å²) in [4.78, 5) is 0. The van der Waals surface area contributed by atoms with E-state index in [1.807, 2.05) is 38.1 Å². The van der Waals surface area contributed by atoms with Crippen LogP contribution in [0.25, 0.3) is 0 Å². The number of hydrogen-bond acceptors (Lipinski definition) is 2. The monoisotopic (exact) mass is 201 g/mol. The van der Waals surface area contributed by atoms with Crippen LogP contribution in [0.15, 0.2) is 30.9 Å². The average molecular weight is 201 g/mol. The van der Waals surface area contributed by atoms with Crippen LogP contribution in [0.2, 0.25) is 0 Å². The summed E-state index contributed by atoms with van der Waals surface area (Å²) in [6.45, 7) is 8.23. The van der Waals surface area contributed by atoms with E-state index in [0.717, 1.165) is 5.56 Å². The third-order valence-corrected chi connectivity index (χ3v) is 2.31. The zero-order valence-electron chi connectivity index (χ0n) is 9.16. The molecule has 0 spiro atoms. The molecule has 0 amide bonds. The molecule has 0 fully saturated rings. The Labute approximate surface area is 90.8 Å². The third kappa shape index (κ3) is 2.38. The summed E-state index contributed by atoms with van der Waals surface area (Å²) < 4.78 is 5.41. The third-order valence-electron chi connectivity index (χ3n) is 2.31. The Morgan fingerprint density at radius 1 is 1.60 bits per heavy atom. The molecule has 0 bridgehead atoms. The highest BCUT2D eigenvalue weighted by atomic mass is 16.5. The van der Waals surface area contributed by atoms with E-state index in [0.29, 0.717) is 17.9 Å². The smallest absolute Gasteiger partial charge is 0.137 e. The molecule has 0 aliphatic heterocycles. The fourth-order valence-electron chi connectivity index (χ4n) is 1.45. The van der Waals surface area contributed by atoms with Gasteiger partial charge in [0.05, 0.1) is 12.2 Å². The first kappa shape index (κ1) is 11.3. The maximum atomic E-state index is 9.11. The van der Waals surface area contributed by atoms with Crippen molar-refractivity contribution >= 4 is 0 Å². The van der Waals surface area contributed by atoms with E-state index < -0.39 is 0 Å². The van der Waals surface area contributed by atoms with Crippen molar-refractivity contribution in [3.63, 3.8) is 0 Å². The van der Waals surface area contributed by atoms with Crippen molar-refractivity contribution in [1.82, 2.24) is 0 Å². The number of hydrogen-bond donors (Lipinski definition) is 0. The number of allylic oxidation sites excluding steroid dienone is 1. The van der Waals surface area contributed by atoms with Crippen molar-refractivity contribution < 1.29 is 4.74 Å². The molecular formula is C13H15NO. The maximum absolute atomic E-state index is 9.11. The van der Waals surface area contributed by atoms with Crippen LogP contribution in [0.4, 0.5) is 0 Å². The van der Waals surface area contributed by atoms with E-state index in [9.17, 15) is 0 Å². The number of rotatable bonds is 4. The number of nitrogens with zero attached hydrogens (tertiary/aromatic N) is 1. The Morgan fingerprint density at radius 3 is 2.87 bits per heavy atom. The van der Waals surface area contributed by atoms with Crippen LogP contribution in [-0.4, -0.2) is 6.61 Å². The number of nitriles is 1. The Bertz CT molecular complexity index is 390. The van der Waals surface area contributed by atoms with Crippen molar-refractivity contribution in [2.75, 3.05) is 6.61 Å². The predicted molar refractivity (Wildman–Crippen MR) is 60.9 cm³/mol. The Hall–Kier alpha value is -1.75. The molecule has 1 aromatic carbocycles. The number of ether oxygens (including phenoxy) is 1. The lowest BCUT2D eigenvalue weighted by Gasteiger charge is -2.12. The van der Waals surface area contributed by atoms with Gasteiger partial charge in [-0.2, -0.15) is 5.26 Å². The largest absolute Gasteiger partial charge is 0.492 e. The molecule has 0 saturated heterocycles. The molecule has 0 heterocycles. The fourth-order valence-corrected chi connectivity index (χ4v) is 1.45. The molecule has 1 unspecified atom stereocenters. The van der Waals surface area contributed by atoms with Crippen molar-refractivity contribution in [2.24, 2.45) is 0 Å². The second-order valence-corrected chi connectivity index (χ2v) is 3.29. The normalized spacial score (nSPS) is 11.5. The van der Waals surface area contributed by atoms with Crippen molar-refractivity contribution in [3.05, 3.63) is 42.0 Å². The first-order chi connectivity index (χ1) is 7.24. The molecule has 1 atom stereocenters. The fraction of sp³-hybridized carbons (Fsp3) is 0.308. The topological polar surface area (TPSA) is 33.0 Å².